The number of aryl methyl sites for hydroxylation is 2. The van der Waals surface area contributed by atoms with Crippen LogP contribution in [0.25, 0.3) is 0 Å². The minimum atomic E-state index is -1.03. The number of Topliss-reactive ketones (excluding diaryl/α,β-unsaturated/α-hetero) is 2. The fraction of sp³-hybridized carbons (Fsp3) is 0.542. The molecule has 1 aromatic carbocycles. The number of likely N-dealkylation sites (tertiary alicyclic amines) is 1. The van der Waals surface area contributed by atoms with E-state index >= 15 is 0 Å². The molecule has 0 aromatic heterocycles. The van der Waals surface area contributed by atoms with Crippen LogP contribution < -0.4 is 5.32 Å². The van der Waals surface area contributed by atoms with Crippen LogP contribution in [0.4, 0.5) is 0 Å². The highest BCUT2D eigenvalue weighted by Crippen LogP contribution is 2.46. The van der Waals surface area contributed by atoms with Gasteiger partial charge < -0.3 is 10.4 Å². The Hall–Kier alpha value is -2.49. The Kier molecular flexibility index (Phi) is 6.44. The van der Waals surface area contributed by atoms with Gasteiger partial charge in [-0.3, -0.25) is 19.3 Å². The predicted molar refractivity (Wildman–Crippen MR) is 114 cm³/mol. The van der Waals surface area contributed by atoms with Gasteiger partial charge in [-0.2, -0.15) is 0 Å². The fourth-order valence-electron chi connectivity index (χ4n) is 5.02. The van der Waals surface area contributed by atoms with E-state index < -0.39 is 12.3 Å². The van der Waals surface area contributed by atoms with Crippen molar-refractivity contribution in [2.24, 2.45) is 5.41 Å². The highest BCUT2D eigenvalue weighted by molar-refractivity contribution is 6.10. The SMILES string of the molecule is CC#Cc1cc(C)c(C2C(=O)CC3(CCN(C(O)NC(C)=O)CC3)CC2=O)c(C)c1. The Morgan fingerprint density at radius 1 is 1.17 bits per heavy atom. The van der Waals surface area contributed by atoms with Crippen LogP contribution in [-0.2, 0) is 14.4 Å². The number of carbonyl (C=O) groups is 3. The van der Waals surface area contributed by atoms with E-state index in [0.29, 0.717) is 38.8 Å². The summed E-state index contributed by atoms with van der Waals surface area (Å²) in [5.74, 6) is 4.92. The number of amides is 1. The molecule has 160 valence electrons. The number of aliphatic hydroxyl groups is 1. The number of piperidine rings is 1. The van der Waals surface area contributed by atoms with E-state index in [0.717, 1.165) is 22.3 Å². The third kappa shape index (κ3) is 4.48. The van der Waals surface area contributed by atoms with Gasteiger partial charge in [0.2, 0.25) is 5.91 Å². The minimum Gasteiger partial charge on any atom is -0.361 e. The zero-order valence-electron chi connectivity index (χ0n) is 18.2. The molecule has 1 unspecified atom stereocenters. The molecule has 1 atom stereocenters. The van der Waals surface area contributed by atoms with Gasteiger partial charge in [-0.15, -0.1) is 5.92 Å². The molecule has 3 rings (SSSR count). The molecular weight excluding hydrogens is 380 g/mol. The second-order valence-electron chi connectivity index (χ2n) is 8.73. The molecule has 1 saturated carbocycles. The zero-order valence-corrected chi connectivity index (χ0v) is 18.2. The molecule has 2 aliphatic rings. The van der Waals surface area contributed by atoms with Crippen LogP contribution in [-0.4, -0.2) is 46.9 Å². The number of hydrogen-bond donors (Lipinski definition) is 2. The quantitative estimate of drug-likeness (QED) is 0.453. The lowest BCUT2D eigenvalue weighted by molar-refractivity contribution is -0.140. The van der Waals surface area contributed by atoms with E-state index in [4.69, 9.17) is 0 Å². The van der Waals surface area contributed by atoms with E-state index in [2.05, 4.69) is 17.2 Å². The van der Waals surface area contributed by atoms with Gasteiger partial charge in [-0.1, -0.05) is 5.92 Å². The number of nitrogens with zero attached hydrogens (tertiary/aromatic N) is 1. The lowest BCUT2D eigenvalue weighted by atomic mass is 9.62. The van der Waals surface area contributed by atoms with Crippen LogP contribution in [0.5, 0.6) is 0 Å². The summed E-state index contributed by atoms with van der Waals surface area (Å²) >= 11 is 0. The van der Waals surface area contributed by atoms with E-state index in [1.165, 1.54) is 6.92 Å². The minimum absolute atomic E-state index is 0.0114. The largest absolute Gasteiger partial charge is 0.361 e. The standard InChI is InChI=1S/C24H30N2O4/c1-5-6-18-11-15(2)21(16(3)12-18)22-19(28)13-24(14-20(22)29)7-9-26(10-8-24)23(30)25-17(4)27/h11-12,22-23,30H,7-10,13-14H2,1-4H3,(H,25,27). The molecule has 1 aromatic rings. The third-order valence-corrected chi connectivity index (χ3v) is 6.43. The van der Waals surface area contributed by atoms with Crippen LogP contribution in [0.1, 0.15) is 67.7 Å². The molecular formula is C24H30N2O4. The van der Waals surface area contributed by atoms with Crippen LogP contribution in [0.15, 0.2) is 12.1 Å². The third-order valence-electron chi connectivity index (χ3n) is 6.43. The molecule has 1 aliphatic carbocycles. The number of nitrogens with one attached hydrogen (secondary N) is 1. The van der Waals surface area contributed by atoms with Crippen molar-refractivity contribution in [3.63, 3.8) is 0 Å². The summed E-state index contributed by atoms with van der Waals surface area (Å²) in [5.41, 5.74) is 3.26. The second kappa shape index (κ2) is 8.71. The smallest absolute Gasteiger partial charge is 0.219 e. The molecule has 1 aliphatic heterocycles. The molecule has 30 heavy (non-hydrogen) atoms. The summed E-state index contributed by atoms with van der Waals surface area (Å²) in [6.07, 6.45) is 1.03. The van der Waals surface area contributed by atoms with Crippen LogP contribution in [0, 0.1) is 31.1 Å². The van der Waals surface area contributed by atoms with Gasteiger partial charge in [0.05, 0.1) is 0 Å². The molecule has 1 saturated heterocycles. The average molecular weight is 411 g/mol. The maximum Gasteiger partial charge on any atom is 0.219 e. The van der Waals surface area contributed by atoms with Gasteiger partial charge in [-0.05, 0) is 67.9 Å². The zero-order chi connectivity index (χ0) is 22.1. The van der Waals surface area contributed by atoms with Crippen molar-refractivity contribution < 1.29 is 19.5 Å². The summed E-state index contributed by atoms with van der Waals surface area (Å²) in [7, 11) is 0. The summed E-state index contributed by atoms with van der Waals surface area (Å²) in [5, 5.41) is 12.6. The normalized spacial score (nSPS) is 20.6. The second-order valence-corrected chi connectivity index (χ2v) is 8.73. The first kappa shape index (κ1) is 22.2. The Balaban J connectivity index is 1.76. The number of carbonyl (C=O) groups excluding carboxylic acids is 3. The summed E-state index contributed by atoms with van der Waals surface area (Å²) in [6.45, 7) is 8.10. The summed E-state index contributed by atoms with van der Waals surface area (Å²) < 4.78 is 0. The van der Waals surface area contributed by atoms with Crippen molar-refractivity contribution in [3.05, 3.63) is 34.4 Å². The molecule has 2 fully saturated rings. The first-order valence-electron chi connectivity index (χ1n) is 10.4. The van der Waals surface area contributed by atoms with E-state index in [1.807, 2.05) is 26.0 Å². The summed E-state index contributed by atoms with van der Waals surface area (Å²) in [4.78, 5) is 39.3. The molecule has 0 radical (unpaired) electrons. The molecule has 6 nitrogen and oxygen atoms in total. The number of aliphatic hydroxyl groups excluding tert-OH is 1. The Labute approximate surface area is 178 Å². The highest BCUT2D eigenvalue weighted by Gasteiger charge is 2.47. The van der Waals surface area contributed by atoms with Gasteiger partial charge in [0.1, 0.15) is 17.5 Å². The maximum absolute atomic E-state index is 13.2. The molecule has 2 N–H and O–H groups in total. The number of rotatable bonds is 3. The van der Waals surface area contributed by atoms with Crippen molar-refractivity contribution in [2.75, 3.05) is 13.1 Å². The van der Waals surface area contributed by atoms with Crippen molar-refractivity contribution >= 4 is 17.5 Å². The molecule has 6 heteroatoms. The predicted octanol–water partition coefficient (Wildman–Crippen LogP) is 2.18. The molecule has 1 spiro atoms. The van der Waals surface area contributed by atoms with Gasteiger partial charge in [-0.25, -0.2) is 0 Å². The summed E-state index contributed by atoms with van der Waals surface area (Å²) in [6, 6.07) is 3.90. The van der Waals surface area contributed by atoms with Crippen LogP contribution in [0.3, 0.4) is 0 Å². The fourth-order valence-corrected chi connectivity index (χ4v) is 5.02. The molecule has 1 amide bonds. The number of hydrogen-bond acceptors (Lipinski definition) is 5. The number of benzene rings is 1. The van der Waals surface area contributed by atoms with Crippen LogP contribution >= 0.6 is 0 Å². The monoisotopic (exact) mass is 410 g/mol. The lowest BCUT2D eigenvalue weighted by Gasteiger charge is -2.45. The van der Waals surface area contributed by atoms with Crippen LogP contribution in [0.2, 0.25) is 0 Å². The Morgan fingerprint density at radius 2 is 1.70 bits per heavy atom. The van der Waals surface area contributed by atoms with Gasteiger partial charge in [0, 0.05) is 38.4 Å². The van der Waals surface area contributed by atoms with E-state index in [-0.39, 0.29) is 22.9 Å². The van der Waals surface area contributed by atoms with Crippen molar-refractivity contribution in [2.45, 2.75) is 65.6 Å². The van der Waals surface area contributed by atoms with E-state index in [1.54, 1.807) is 11.8 Å². The Morgan fingerprint density at radius 3 is 2.17 bits per heavy atom. The topological polar surface area (TPSA) is 86.7 Å². The lowest BCUT2D eigenvalue weighted by Crippen LogP contribution is -2.54. The van der Waals surface area contributed by atoms with Crippen molar-refractivity contribution in [1.29, 1.82) is 0 Å². The molecule has 0 bridgehead atoms. The first-order chi connectivity index (χ1) is 14.2. The van der Waals surface area contributed by atoms with Gasteiger partial charge in [0.15, 0.2) is 6.35 Å². The van der Waals surface area contributed by atoms with Crippen molar-refractivity contribution in [3.8, 4) is 11.8 Å². The average Bonchev–Trinajstić information content (AvgIpc) is 2.63. The maximum atomic E-state index is 13.2. The van der Waals surface area contributed by atoms with Crippen molar-refractivity contribution in [1.82, 2.24) is 10.2 Å². The van der Waals surface area contributed by atoms with Gasteiger partial charge in [0.25, 0.3) is 0 Å². The first-order valence-corrected chi connectivity index (χ1v) is 10.4. The Bertz CT molecular complexity index is 889. The van der Waals surface area contributed by atoms with Gasteiger partial charge >= 0.3 is 0 Å². The van der Waals surface area contributed by atoms with E-state index in [9.17, 15) is 19.5 Å². The molecule has 1 heterocycles. The highest BCUT2D eigenvalue weighted by atomic mass is 16.3. The number of ketones is 2.